The smallest absolute Gasteiger partial charge is 0.235 e. The van der Waals surface area contributed by atoms with Crippen LogP contribution in [-0.4, -0.2) is 39.1 Å². The molecule has 3 rings (SSSR count). The number of phenols is 1. The minimum atomic E-state index is 0.143. The van der Waals surface area contributed by atoms with Crippen LogP contribution in [0.4, 0.5) is 0 Å². The maximum Gasteiger partial charge on any atom is 0.235 e. The molecule has 0 aliphatic rings. The molecule has 1 N–H and O–H groups in total. The lowest BCUT2D eigenvalue weighted by atomic mass is 10.2. The molecule has 104 valence electrons. The summed E-state index contributed by atoms with van der Waals surface area (Å²) in [5.74, 6) is 1.41. The Labute approximate surface area is 118 Å². The number of phenolic OH excluding ortho intramolecular Hbond substituents is 1. The largest absolute Gasteiger partial charge is 0.507 e. The summed E-state index contributed by atoms with van der Waals surface area (Å²) in [5.41, 5.74) is 0.600. The van der Waals surface area contributed by atoms with Crippen molar-refractivity contribution in [3.63, 3.8) is 0 Å². The summed E-state index contributed by atoms with van der Waals surface area (Å²) in [6, 6.07) is 5.00. The first-order valence-electron chi connectivity index (χ1n) is 5.80. The van der Waals surface area contributed by atoms with Crippen molar-refractivity contribution < 1.29 is 14.6 Å². The maximum atomic E-state index is 9.96. The number of ether oxygens (including phenoxy) is 2. The molecule has 0 unspecified atom stereocenters. The molecule has 0 radical (unpaired) electrons. The molecule has 3 aromatic rings. The fourth-order valence-electron chi connectivity index (χ4n) is 1.80. The molecule has 1 aromatic carbocycles. The van der Waals surface area contributed by atoms with E-state index < -0.39 is 0 Å². The van der Waals surface area contributed by atoms with Crippen molar-refractivity contribution >= 4 is 16.3 Å². The highest BCUT2D eigenvalue weighted by Crippen LogP contribution is 2.35. The normalized spacial score (nSPS) is 11.1. The Kier molecular flexibility index (Phi) is 3.25. The van der Waals surface area contributed by atoms with Crippen LogP contribution in [0.25, 0.3) is 15.5 Å². The summed E-state index contributed by atoms with van der Waals surface area (Å²) in [5, 5.41) is 23.0. The lowest BCUT2D eigenvalue weighted by Crippen LogP contribution is -1.97. The zero-order valence-corrected chi connectivity index (χ0v) is 11.7. The zero-order chi connectivity index (χ0) is 14.1. The number of hydrogen-bond acceptors (Lipinski definition) is 7. The summed E-state index contributed by atoms with van der Waals surface area (Å²) in [7, 11) is 3.16. The summed E-state index contributed by atoms with van der Waals surface area (Å²) >= 11 is 1.34. The Bertz CT molecular complexity index is 752. The Morgan fingerprint density at radius 1 is 1.30 bits per heavy atom. The maximum absolute atomic E-state index is 9.96. The number of aromatic hydroxyl groups is 1. The molecule has 2 aromatic heterocycles. The fourth-order valence-corrected chi connectivity index (χ4v) is 2.68. The summed E-state index contributed by atoms with van der Waals surface area (Å²) < 4.78 is 11.8. The molecule has 0 saturated carbocycles. The third-order valence-corrected chi connectivity index (χ3v) is 3.70. The first-order chi connectivity index (χ1) is 9.72. The first-order valence-corrected chi connectivity index (χ1v) is 6.62. The van der Waals surface area contributed by atoms with Gasteiger partial charge >= 0.3 is 0 Å². The van der Waals surface area contributed by atoms with Crippen molar-refractivity contribution in [3.05, 3.63) is 24.0 Å². The molecule has 0 bridgehead atoms. The van der Waals surface area contributed by atoms with E-state index in [0.29, 0.717) is 33.7 Å². The number of aromatic nitrogens is 4. The molecular weight excluding hydrogens is 280 g/mol. The number of nitrogens with zero attached hydrogens (tertiary/aromatic N) is 4. The minimum Gasteiger partial charge on any atom is -0.507 e. The van der Waals surface area contributed by atoms with Crippen LogP contribution in [0.3, 0.4) is 0 Å². The SMILES string of the molecule is COCc1nnc2sc(-c3cc(OC)ccc3O)nn12. The van der Waals surface area contributed by atoms with Crippen molar-refractivity contribution in [1.29, 1.82) is 0 Å². The van der Waals surface area contributed by atoms with Gasteiger partial charge in [0.1, 0.15) is 18.1 Å². The molecular formula is C12H12N4O3S. The van der Waals surface area contributed by atoms with Gasteiger partial charge in [-0.1, -0.05) is 11.3 Å². The van der Waals surface area contributed by atoms with Crippen LogP contribution in [-0.2, 0) is 11.3 Å². The van der Waals surface area contributed by atoms with Crippen molar-refractivity contribution in [3.8, 4) is 22.1 Å². The van der Waals surface area contributed by atoms with Crippen molar-refractivity contribution in [1.82, 2.24) is 19.8 Å². The van der Waals surface area contributed by atoms with Gasteiger partial charge in [-0.25, -0.2) is 0 Å². The molecule has 0 saturated heterocycles. The van der Waals surface area contributed by atoms with Gasteiger partial charge in [0.05, 0.1) is 12.7 Å². The molecule has 0 fully saturated rings. The number of hydrogen-bond donors (Lipinski definition) is 1. The van der Waals surface area contributed by atoms with E-state index in [1.54, 1.807) is 36.9 Å². The molecule has 20 heavy (non-hydrogen) atoms. The van der Waals surface area contributed by atoms with E-state index in [-0.39, 0.29) is 5.75 Å². The van der Waals surface area contributed by atoms with Crippen LogP contribution in [0, 0.1) is 0 Å². The molecule has 0 amide bonds. The lowest BCUT2D eigenvalue weighted by Gasteiger charge is -2.03. The highest BCUT2D eigenvalue weighted by molar-refractivity contribution is 7.19. The van der Waals surface area contributed by atoms with E-state index in [9.17, 15) is 5.11 Å². The van der Waals surface area contributed by atoms with Crippen LogP contribution in [0.2, 0.25) is 0 Å². The molecule has 7 nitrogen and oxygen atoms in total. The van der Waals surface area contributed by atoms with E-state index in [4.69, 9.17) is 9.47 Å². The average Bonchev–Trinajstić information content (AvgIpc) is 3.02. The first kappa shape index (κ1) is 12.8. The molecule has 0 aliphatic carbocycles. The van der Waals surface area contributed by atoms with Crippen LogP contribution >= 0.6 is 11.3 Å². The summed E-state index contributed by atoms with van der Waals surface area (Å²) in [6.45, 7) is 0.328. The van der Waals surface area contributed by atoms with Gasteiger partial charge in [-0.3, -0.25) is 0 Å². The molecule has 2 heterocycles. The summed E-state index contributed by atoms with van der Waals surface area (Å²) in [6.07, 6.45) is 0. The second kappa shape index (κ2) is 5.06. The van der Waals surface area contributed by atoms with E-state index in [1.807, 2.05) is 0 Å². The van der Waals surface area contributed by atoms with Gasteiger partial charge in [0.15, 0.2) is 10.8 Å². The molecule has 0 spiro atoms. The van der Waals surface area contributed by atoms with Crippen molar-refractivity contribution in [2.45, 2.75) is 6.61 Å². The fraction of sp³-hybridized carbons (Fsp3) is 0.250. The Hall–Kier alpha value is -2.19. The second-order valence-electron chi connectivity index (χ2n) is 4.03. The van der Waals surface area contributed by atoms with E-state index in [2.05, 4.69) is 15.3 Å². The number of rotatable bonds is 4. The summed E-state index contributed by atoms with van der Waals surface area (Å²) in [4.78, 5) is 0.647. The molecule has 8 heteroatoms. The number of fused-ring (bicyclic) bond motifs is 1. The average molecular weight is 292 g/mol. The standard InChI is InChI=1S/C12H12N4O3S/c1-18-6-10-13-14-12-16(10)15-11(20-12)8-5-7(19-2)3-4-9(8)17/h3-5,17H,6H2,1-2H3. The van der Waals surface area contributed by atoms with E-state index >= 15 is 0 Å². The van der Waals surface area contributed by atoms with Gasteiger partial charge in [0, 0.05) is 7.11 Å². The van der Waals surface area contributed by atoms with Crippen molar-refractivity contribution in [2.24, 2.45) is 0 Å². The predicted octanol–water partition coefficient (Wildman–Crippen LogP) is 1.71. The second-order valence-corrected chi connectivity index (χ2v) is 4.99. The third kappa shape index (κ3) is 2.08. The van der Waals surface area contributed by atoms with Crippen LogP contribution < -0.4 is 4.74 Å². The highest BCUT2D eigenvalue weighted by atomic mass is 32.1. The molecule has 0 atom stereocenters. The Morgan fingerprint density at radius 2 is 2.15 bits per heavy atom. The number of methoxy groups -OCH3 is 2. The number of benzene rings is 1. The molecule has 0 aliphatic heterocycles. The minimum absolute atomic E-state index is 0.143. The van der Waals surface area contributed by atoms with E-state index in [0.717, 1.165) is 0 Å². The van der Waals surface area contributed by atoms with Crippen LogP contribution in [0.1, 0.15) is 5.82 Å². The zero-order valence-electron chi connectivity index (χ0n) is 10.9. The van der Waals surface area contributed by atoms with Gasteiger partial charge in [-0.05, 0) is 18.2 Å². The monoisotopic (exact) mass is 292 g/mol. The predicted molar refractivity (Wildman–Crippen MR) is 73.0 cm³/mol. The van der Waals surface area contributed by atoms with Crippen molar-refractivity contribution in [2.75, 3.05) is 14.2 Å². The Morgan fingerprint density at radius 3 is 2.90 bits per heavy atom. The highest BCUT2D eigenvalue weighted by Gasteiger charge is 2.15. The van der Waals surface area contributed by atoms with Crippen LogP contribution in [0.15, 0.2) is 18.2 Å². The quantitative estimate of drug-likeness (QED) is 0.788. The van der Waals surface area contributed by atoms with Gasteiger partial charge < -0.3 is 14.6 Å². The third-order valence-electron chi connectivity index (χ3n) is 2.76. The van der Waals surface area contributed by atoms with E-state index in [1.165, 1.54) is 11.3 Å². The van der Waals surface area contributed by atoms with Crippen LogP contribution in [0.5, 0.6) is 11.5 Å². The topological polar surface area (TPSA) is 81.8 Å². The van der Waals surface area contributed by atoms with Gasteiger partial charge in [-0.15, -0.1) is 10.2 Å². The van der Waals surface area contributed by atoms with Gasteiger partial charge in [0.25, 0.3) is 0 Å². The Balaban J connectivity index is 2.10. The lowest BCUT2D eigenvalue weighted by molar-refractivity contribution is 0.176. The van der Waals surface area contributed by atoms with Gasteiger partial charge in [0.2, 0.25) is 4.96 Å². The van der Waals surface area contributed by atoms with Gasteiger partial charge in [-0.2, -0.15) is 9.61 Å².